The Morgan fingerprint density at radius 2 is 1.67 bits per heavy atom. The summed E-state index contributed by atoms with van der Waals surface area (Å²) in [5, 5.41) is 0. The molecule has 33 heavy (non-hydrogen) atoms. The molecule has 182 valence electrons. The lowest BCUT2D eigenvalue weighted by atomic mass is 9.92. The van der Waals surface area contributed by atoms with Crippen LogP contribution in [0.25, 0.3) is 0 Å². The minimum atomic E-state index is -0.469. The number of carbonyl (C=O) groups is 3. The number of piperazine rings is 1. The van der Waals surface area contributed by atoms with E-state index in [4.69, 9.17) is 9.47 Å². The molecular formula is C25H37N3O5. The molecule has 0 atom stereocenters. The number of hydrogen-bond donors (Lipinski definition) is 0. The maximum Gasteiger partial charge on any atom is 0.410 e. The third kappa shape index (κ3) is 7.94. The van der Waals surface area contributed by atoms with E-state index in [2.05, 4.69) is 0 Å². The lowest BCUT2D eigenvalue weighted by Gasteiger charge is -2.35. The Hall–Kier alpha value is -2.77. The largest absolute Gasteiger partial charge is 0.445 e. The van der Waals surface area contributed by atoms with Crippen molar-refractivity contribution in [1.82, 2.24) is 14.7 Å². The summed E-state index contributed by atoms with van der Waals surface area (Å²) in [7, 11) is 0. The molecule has 8 heteroatoms. The highest BCUT2D eigenvalue weighted by atomic mass is 16.6. The zero-order chi connectivity index (χ0) is 23.8. The van der Waals surface area contributed by atoms with Crippen molar-refractivity contribution >= 4 is 18.1 Å². The van der Waals surface area contributed by atoms with Crippen LogP contribution in [0.15, 0.2) is 30.3 Å². The molecular weight excluding hydrogens is 422 g/mol. The lowest BCUT2D eigenvalue weighted by molar-refractivity contribution is -0.135. The summed E-state index contributed by atoms with van der Waals surface area (Å²) in [4.78, 5) is 42.1. The van der Waals surface area contributed by atoms with Crippen molar-refractivity contribution in [2.75, 3.05) is 39.3 Å². The fraction of sp³-hybridized carbons (Fsp3) is 0.640. The predicted molar refractivity (Wildman–Crippen MR) is 125 cm³/mol. The number of nitrogens with zero attached hydrogens (tertiary/aromatic N) is 3. The van der Waals surface area contributed by atoms with E-state index in [0.717, 1.165) is 44.3 Å². The van der Waals surface area contributed by atoms with Gasteiger partial charge in [-0.2, -0.15) is 0 Å². The first-order chi connectivity index (χ1) is 15.7. The van der Waals surface area contributed by atoms with Gasteiger partial charge in [0.05, 0.1) is 0 Å². The monoisotopic (exact) mass is 459 g/mol. The molecule has 0 radical (unpaired) electrons. The van der Waals surface area contributed by atoms with Crippen LogP contribution in [-0.4, -0.2) is 77.7 Å². The molecule has 2 heterocycles. The summed E-state index contributed by atoms with van der Waals surface area (Å²) in [6.45, 7) is 9.11. The second kappa shape index (κ2) is 11.4. The Labute approximate surface area is 196 Å². The Morgan fingerprint density at radius 1 is 0.970 bits per heavy atom. The van der Waals surface area contributed by atoms with Crippen LogP contribution in [0.2, 0.25) is 0 Å². The third-order valence-corrected chi connectivity index (χ3v) is 6.09. The molecule has 0 saturated carbocycles. The molecule has 0 bridgehead atoms. The zero-order valence-corrected chi connectivity index (χ0v) is 20.1. The smallest absolute Gasteiger partial charge is 0.410 e. The summed E-state index contributed by atoms with van der Waals surface area (Å²) in [5.74, 6) is 0.533. The molecule has 2 saturated heterocycles. The second-order valence-corrected chi connectivity index (χ2v) is 9.90. The van der Waals surface area contributed by atoms with Crippen LogP contribution in [0.3, 0.4) is 0 Å². The Morgan fingerprint density at radius 3 is 2.30 bits per heavy atom. The average molecular weight is 460 g/mol. The van der Waals surface area contributed by atoms with Crippen molar-refractivity contribution in [2.45, 2.75) is 58.7 Å². The summed E-state index contributed by atoms with van der Waals surface area (Å²) in [6, 6.07) is 9.51. The van der Waals surface area contributed by atoms with Crippen molar-refractivity contribution < 1.29 is 23.9 Å². The lowest BCUT2D eigenvalue weighted by Crippen LogP contribution is -2.52. The van der Waals surface area contributed by atoms with E-state index < -0.39 is 11.7 Å². The van der Waals surface area contributed by atoms with Crippen LogP contribution in [0.4, 0.5) is 9.59 Å². The van der Waals surface area contributed by atoms with Gasteiger partial charge < -0.3 is 19.3 Å². The van der Waals surface area contributed by atoms with E-state index in [1.165, 1.54) is 4.90 Å². The normalized spacial score (nSPS) is 17.8. The number of piperidine rings is 1. The molecule has 1 aromatic carbocycles. The molecule has 0 aromatic heterocycles. The highest BCUT2D eigenvalue weighted by molar-refractivity contribution is 5.83. The topological polar surface area (TPSA) is 79.4 Å². The van der Waals surface area contributed by atoms with Crippen molar-refractivity contribution in [3.05, 3.63) is 35.9 Å². The van der Waals surface area contributed by atoms with Crippen molar-refractivity contribution in [2.24, 2.45) is 5.92 Å². The van der Waals surface area contributed by atoms with Crippen molar-refractivity contribution in [1.29, 1.82) is 0 Å². The minimum absolute atomic E-state index is 0.0299. The molecule has 2 aliphatic rings. The van der Waals surface area contributed by atoms with Gasteiger partial charge >= 0.3 is 12.2 Å². The highest BCUT2D eigenvalue weighted by Gasteiger charge is 2.29. The molecule has 0 aliphatic carbocycles. The average Bonchev–Trinajstić information content (AvgIpc) is 2.78. The maximum absolute atomic E-state index is 12.5. The zero-order valence-electron chi connectivity index (χ0n) is 20.1. The van der Waals surface area contributed by atoms with E-state index in [9.17, 15) is 14.4 Å². The van der Waals surface area contributed by atoms with Gasteiger partial charge in [-0.3, -0.25) is 9.69 Å². The number of carbonyl (C=O) groups excluding carboxylic acids is 3. The molecule has 8 nitrogen and oxygen atoms in total. The molecule has 1 aromatic rings. The van der Waals surface area contributed by atoms with Crippen LogP contribution in [0, 0.1) is 5.92 Å². The number of ether oxygens (including phenoxy) is 2. The SMILES string of the molecule is CC(C)(C)OC(=O)N1CCC(CCCN2CCN(C(=O)OCc3ccccc3)CC2=O)CC1. The van der Waals surface area contributed by atoms with Crippen molar-refractivity contribution in [3.63, 3.8) is 0 Å². The van der Waals surface area contributed by atoms with Gasteiger partial charge in [-0.1, -0.05) is 30.3 Å². The van der Waals surface area contributed by atoms with Crippen LogP contribution in [0.1, 0.15) is 52.0 Å². The standard InChI is InChI=1S/C25H37N3O5/c1-25(2,3)33-24(31)27-14-11-20(12-15-27)10-7-13-26-16-17-28(18-22(26)29)23(30)32-19-21-8-5-4-6-9-21/h4-6,8-9,20H,7,10-19H2,1-3H3. The van der Waals surface area contributed by atoms with Crippen LogP contribution in [0.5, 0.6) is 0 Å². The quantitative estimate of drug-likeness (QED) is 0.645. The van der Waals surface area contributed by atoms with Gasteiger partial charge in [0, 0.05) is 32.7 Å². The first kappa shape index (κ1) is 24.9. The summed E-state index contributed by atoms with van der Waals surface area (Å²) in [6.07, 6.45) is 3.23. The molecule has 0 N–H and O–H groups in total. The molecule has 0 unspecified atom stereocenters. The van der Waals surface area contributed by atoms with Gasteiger partial charge in [-0.05, 0) is 57.9 Å². The number of benzene rings is 1. The van der Waals surface area contributed by atoms with Crippen LogP contribution >= 0.6 is 0 Å². The summed E-state index contributed by atoms with van der Waals surface area (Å²) in [5.41, 5.74) is 0.455. The number of rotatable bonds is 6. The molecule has 2 fully saturated rings. The van der Waals surface area contributed by atoms with Gasteiger partial charge in [0.15, 0.2) is 0 Å². The molecule has 2 aliphatic heterocycles. The summed E-state index contributed by atoms with van der Waals surface area (Å²) < 4.78 is 10.8. The minimum Gasteiger partial charge on any atom is -0.445 e. The van der Waals surface area contributed by atoms with E-state index in [0.29, 0.717) is 25.6 Å². The van der Waals surface area contributed by atoms with Crippen LogP contribution in [-0.2, 0) is 20.9 Å². The second-order valence-electron chi connectivity index (χ2n) is 9.90. The van der Waals surface area contributed by atoms with Gasteiger partial charge in [-0.25, -0.2) is 9.59 Å². The van der Waals surface area contributed by atoms with E-state index in [1.807, 2.05) is 56.0 Å². The van der Waals surface area contributed by atoms with Gasteiger partial charge in [0.2, 0.25) is 5.91 Å². The van der Waals surface area contributed by atoms with Gasteiger partial charge in [-0.15, -0.1) is 0 Å². The van der Waals surface area contributed by atoms with E-state index >= 15 is 0 Å². The van der Waals surface area contributed by atoms with Gasteiger partial charge in [0.25, 0.3) is 0 Å². The number of hydrogen-bond acceptors (Lipinski definition) is 5. The highest BCUT2D eigenvalue weighted by Crippen LogP contribution is 2.23. The van der Waals surface area contributed by atoms with E-state index in [1.54, 1.807) is 4.90 Å². The number of amides is 3. The molecule has 0 spiro atoms. The summed E-state index contributed by atoms with van der Waals surface area (Å²) >= 11 is 0. The van der Waals surface area contributed by atoms with E-state index in [-0.39, 0.29) is 25.2 Å². The van der Waals surface area contributed by atoms with Crippen LogP contribution < -0.4 is 0 Å². The first-order valence-corrected chi connectivity index (χ1v) is 11.9. The van der Waals surface area contributed by atoms with Crippen molar-refractivity contribution in [3.8, 4) is 0 Å². The fourth-order valence-electron chi connectivity index (χ4n) is 4.21. The molecule has 3 rings (SSSR count). The number of likely N-dealkylation sites (tertiary alicyclic amines) is 1. The Balaban J connectivity index is 1.31. The fourth-order valence-corrected chi connectivity index (χ4v) is 4.21. The Kier molecular flexibility index (Phi) is 8.58. The van der Waals surface area contributed by atoms with Gasteiger partial charge in [0.1, 0.15) is 18.8 Å². The Bertz CT molecular complexity index is 800. The predicted octanol–water partition coefficient (Wildman–Crippen LogP) is 3.89. The maximum atomic E-state index is 12.5. The molecule has 3 amide bonds. The third-order valence-electron chi connectivity index (χ3n) is 6.09. The first-order valence-electron chi connectivity index (χ1n) is 11.9.